The lowest BCUT2D eigenvalue weighted by Gasteiger charge is -2.37. The highest BCUT2D eigenvalue weighted by molar-refractivity contribution is 4.80. The quantitative estimate of drug-likeness (QED) is 0.749. The average Bonchev–Trinajstić information content (AvgIpc) is 2.28. The van der Waals surface area contributed by atoms with Crippen LogP contribution >= 0.6 is 0 Å². The zero-order valence-electron chi connectivity index (χ0n) is 11.6. The topological polar surface area (TPSA) is 15.3 Å². The van der Waals surface area contributed by atoms with Crippen LogP contribution in [0.2, 0.25) is 0 Å². The zero-order valence-corrected chi connectivity index (χ0v) is 11.6. The maximum absolute atomic E-state index is 3.59. The minimum Gasteiger partial charge on any atom is -0.311 e. The van der Waals surface area contributed by atoms with E-state index in [2.05, 4.69) is 37.9 Å². The normalized spacial score (nSPS) is 24.9. The maximum atomic E-state index is 3.59. The molecule has 1 aliphatic heterocycles. The molecule has 0 aromatic rings. The molecule has 0 bridgehead atoms. The van der Waals surface area contributed by atoms with Crippen molar-refractivity contribution in [2.24, 2.45) is 5.92 Å². The van der Waals surface area contributed by atoms with Crippen LogP contribution in [0.5, 0.6) is 0 Å². The summed E-state index contributed by atoms with van der Waals surface area (Å²) in [6, 6.07) is 1.50. The van der Waals surface area contributed by atoms with Gasteiger partial charge in [-0.15, -0.1) is 0 Å². The summed E-state index contributed by atoms with van der Waals surface area (Å²) in [7, 11) is 0. The summed E-state index contributed by atoms with van der Waals surface area (Å²) < 4.78 is 0. The van der Waals surface area contributed by atoms with Gasteiger partial charge in [0, 0.05) is 31.7 Å². The van der Waals surface area contributed by atoms with Crippen LogP contribution in [-0.2, 0) is 0 Å². The number of nitrogens with zero attached hydrogens (tertiary/aromatic N) is 1. The third kappa shape index (κ3) is 4.84. The standard InChI is InChI=1S/C14H30N2/c1-5-14-11-16(10-9-15-14)13(4)8-6-7-12(2)3/h12-15H,5-11H2,1-4H3. The fraction of sp³-hybridized carbons (Fsp3) is 1.00. The molecular formula is C14H30N2. The van der Waals surface area contributed by atoms with Gasteiger partial charge >= 0.3 is 0 Å². The van der Waals surface area contributed by atoms with Gasteiger partial charge < -0.3 is 5.32 Å². The van der Waals surface area contributed by atoms with Crippen molar-refractivity contribution in [1.82, 2.24) is 10.2 Å². The lowest BCUT2D eigenvalue weighted by molar-refractivity contribution is 0.142. The second kappa shape index (κ2) is 7.29. The molecule has 1 rings (SSSR count). The van der Waals surface area contributed by atoms with Crippen molar-refractivity contribution < 1.29 is 0 Å². The van der Waals surface area contributed by atoms with Crippen LogP contribution in [0, 0.1) is 5.92 Å². The molecule has 1 heterocycles. The molecule has 1 aliphatic rings. The van der Waals surface area contributed by atoms with E-state index in [-0.39, 0.29) is 0 Å². The van der Waals surface area contributed by atoms with E-state index < -0.39 is 0 Å². The Kier molecular flexibility index (Phi) is 6.37. The fourth-order valence-electron chi connectivity index (χ4n) is 2.53. The highest BCUT2D eigenvalue weighted by Crippen LogP contribution is 2.14. The van der Waals surface area contributed by atoms with Gasteiger partial charge in [0.2, 0.25) is 0 Å². The minimum absolute atomic E-state index is 0.723. The molecule has 0 amide bonds. The van der Waals surface area contributed by atoms with Gasteiger partial charge in [-0.25, -0.2) is 0 Å². The van der Waals surface area contributed by atoms with Crippen LogP contribution in [0.15, 0.2) is 0 Å². The third-order valence-electron chi connectivity index (χ3n) is 3.81. The van der Waals surface area contributed by atoms with Crippen molar-refractivity contribution in [1.29, 1.82) is 0 Å². The summed E-state index contributed by atoms with van der Waals surface area (Å²) in [6.07, 6.45) is 5.40. The number of rotatable bonds is 6. The van der Waals surface area contributed by atoms with Crippen LogP contribution < -0.4 is 5.32 Å². The molecule has 2 unspecified atom stereocenters. The first kappa shape index (κ1) is 14.0. The van der Waals surface area contributed by atoms with Crippen molar-refractivity contribution in [2.75, 3.05) is 19.6 Å². The van der Waals surface area contributed by atoms with E-state index >= 15 is 0 Å². The molecule has 2 nitrogen and oxygen atoms in total. The molecule has 0 aromatic heterocycles. The Morgan fingerprint density at radius 2 is 2.00 bits per heavy atom. The van der Waals surface area contributed by atoms with Gasteiger partial charge in [0.15, 0.2) is 0 Å². The molecule has 2 atom stereocenters. The van der Waals surface area contributed by atoms with Crippen molar-refractivity contribution in [2.45, 2.75) is 65.5 Å². The molecule has 0 radical (unpaired) electrons. The van der Waals surface area contributed by atoms with E-state index in [4.69, 9.17) is 0 Å². The van der Waals surface area contributed by atoms with Crippen LogP contribution in [0.3, 0.4) is 0 Å². The van der Waals surface area contributed by atoms with Gasteiger partial charge in [0.1, 0.15) is 0 Å². The molecule has 1 fully saturated rings. The van der Waals surface area contributed by atoms with Gasteiger partial charge in [-0.3, -0.25) is 4.90 Å². The number of nitrogens with one attached hydrogen (secondary N) is 1. The molecule has 0 spiro atoms. The van der Waals surface area contributed by atoms with E-state index in [9.17, 15) is 0 Å². The SMILES string of the molecule is CCC1CN(C(C)CCCC(C)C)CCN1. The molecule has 1 N–H and O–H groups in total. The van der Waals surface area contributed by atoms with Gasteiger partial charge in [-0.2, -0.15) is 0 Å². The van der Waals surface area contributed by atoms with Gasteiger partial charge in [0.25, 0.3) is 0 Å². The number of piperazine rings is 1. The predicted molar refractivity (Wildman–Crippen MR) is 71.8 cm³/mol. The Hall–Kier alpha value is -0.0800. The summed E-state index contributed by atoms with van der Waals surface area (Å²) in [4.78, 5) is 2.67. The van der Waals surface area contributed by atoms with Crippen LogP contribution in [0.25, 0.3) is 0 Å². The monoisotopic (exact) mass is 226 g/mol. The van der Waals surface area contributed by atoms with E-state index in [0.717, 1.165) is 18.0 Å². The highest BCUT2D eigenvalue weighted by atomic mass is 15.2. The Bertz CT molecular complexity index is 180. The first-order valence-electron chi connectivity index (χ1n) is 7.11. The van der Waals surface area contributed by atoms with Crippen LogP contribution in [-0.4, -0.2) is 36.6 Å². The molecule has 0 aliphatic carbocycles. The maximum Gasteiger partial charge on any atom is 0.0193 e. The Balaban J connectivity index is 2.21. The second-order valence-electron chi connectivity index (χ2n) is 5.73. The van der Waals surface area contributed by atoms with Gasteiger partial charge in [0.05, 0.1) is 0 Å². The molecule has 2 heteroatoms. The van der Waals surface area contributed by atoms with E-state index in [1.54, 1.807) is 0 Å². The highest BCUT2D eigenvalue weighted by Gasteiger charge is 2.21. The zero-order chi connectivity index (χ0) is 12.0. The molecule has 0 saturated carbocycles. The molecular weight excluding hydrogens is 196 g/mol. The molecule has 1 saturated heterocycles. The minimum atomic E-state index is 0.723. The lowest BCUT2D eigenvalue weighted by Crippen LogP contribution is -2.53. The van der Waals surface area contributed by atoms with Crippen LogP contribution in [0.4, 0.5) is 0 Å². The molecule has 96 valence electrons. The average molecular weight is 226 g/mol. The van der Waals surface area contributed by atoms with E-state index in [1.807, 2.05) is 0 Å². The number of hydrogen-bond donors (Lipinski definition) is 1. The second-order valence-corrected chi connectivity index (χ2v) is 5.73. The fourth-order valence-corrected chi connectivity index (χ4v) is 2.53. The Morgan fingerprint density at radius 1 is 1.25 bits per heavy atom. The smallest absolute Gasteiger partial charge is 0.0193 e. The Morgan fingerprint density at radius 3 is 2.62 bits per heavy atom. The van der Waals surface area contributed by atoms with Crippen molar-refractivity contribution in [3.63, 3.8) is 0 Å². The van der Waals surface area contributed by atoms with Crippen molar-refractivity contribution >= 4 is 0 Å². The van der Waals surface area contributed by atoms with Gasteiger partial charge in [-0.05, 0) is 25.7 Å². The largest absolute Gasteiger partial charge is 0.311 e. The summed E-state index contributed by atoms with van der Waals surface area (Å²) in [6.45, 7) is 13.0. The Labute approximate surface area is 102 Å². The summed E-state index contributed by atoms with van der Waals surface area (Å²) in [5.74, 6) is 0.860. The number of hydrogen-bond acceptors (Lipinski definition) is 2. The van der Waals surface area contributed by atoms with E-state index in [1.165, 1.54) is 45.3 Å². The first-order valence-corrected chi connectivity index (χ1v) is 7.11. The van der Waals surface area contributed by atoms with Crippen molar-refractivity contribution in [3.8, 4) is 0 Å². The van der Waals surface area contributed by atoms with E-state index in [0.29, 0.717) is 0 Å². The summed E-state index contributed by atoms with van der Waals surface area (Å²) >= 11 is 0. The van der Waals surface area contributed by atoms with Crippen molar-refractivity contribution in [3.05, 3.63) is 0 Å². The molecule has 0 aromatic carbocycles. The molecule has 16 heavy (non-hydrogen) atoms. The van der Waals surface area contributed by atoms with Gasteiger partial charge in [-0.1, -0.05) is 33.6 Å². The first-order chi connectivity index (χ1) is 7.63. The summed E-state index contributed by atoms with van der Waals surface area (Å²) in [5.41, 5.74) is 0. The van der Waals surface area contributed by atoms with Crippen LogP contribution in [0.1, 0.15) is 53.4 Å². The summed E-state index contributed by atoms with van der Waals surface area (Å²) in [5, 5.41) is 3.59. The third-order valence-corrected chi connectivity index (χ3v) is 3.81. The predicted octanol–water partition coefficient (Wildman–Crippen LogP) is 2.89. The lowest BCUT2D eigenvalue weighted by atomic mass is 10.0.